The van der Waals surface area contributed by atoms with Gasteiger partial charge in [0, 0.05) is 6.20 Å². The van der Waals surface area contributed by atoms with Crippen LogP contribution in [0.4, 0.5) is 4.79 Å². The average molecular weight is 324 g/mol. The first kappa shape index (κ1) is 17.6. The second kappa shape index (κ2) is 8.77. The van der Waals surface area contributed by atoms with Crippen LogP contribution >= 0.6 is 0 Å². The third-order valence-electron chi connectivity index (χ3n) is 3.84. The Labute approximate surface area is 143 Å². The Morgan fingerprint density at radius 3 is 2.38 bits per heavy atom. The van der Waals surface area contributed by atoms with Crippen LogP contribution in [-0.2, 0) is 6.42 Å². The van der Waals surface area contributed by atoms with Crippen molar-refractivity contribution >= 4 is 12.1 Å². The highest BCUT2D eigenvalue weighted by Crippen LogP contribution is 2.14. The SMILES string of the molecule is CCc1ccc(C(C)NC(=O)N/C=C/c2ccc(OC)cc2)cc1. The van der Waals surface area contributed by atoms with Crippen molar-refractivity contribution in [1.29, 1.82) is 0 Å². The standard InChI is InChI=1S/C20H24N2O2/c1-4-16-5-9-18(10-6-16)15(2)22-20(23)21-14-13-17-7-11-19(24-3)12-8-17/h5-15H,4H2,1-3H3,(H2,21,22,23)/b14-13+. The van der Waals surface area contributed by atoms with E-state index in [1.54, 1.807) is 13.3 Å². The predicted octanol–water partition coefficient (Wildman–Crippen LogP) is 4.29. The molecule has 0 aliphatic rings. The van der Waals surface area contributed by atoms with Gasteiger partial charge in [-0.1, -0.05) is 43.3 Å². The van der Waals surface area contributed by atoms with E-state index in [1.807, 2.05) is 37.3 Å². The molecule has 2 rings (SSSR count). The summed E-state index contributed by atoms with van der Waals surface area (Å²) in [5.74, 6) is 0.806. The first-order valence-corrected chi connectivity index (χ1v) is 8.09. The molecule has 0 aliphatic carbocycles. The molecule has 0 saturated heterocycles. The first-order valence-electron chi connectivity index (χ1n) is 8.09. The number of hydrogen-bond donors (Lipinski definition) is 2. The Bertz CT molecular complexity index is 676. The zero-order chi connectivity index (χ0) is 17.4. The van der Waals surface area contributed by atoms with Crippen molar-refractivity contribution in [1.82, 2.24) is 10.6 Å². The molecule has 2 aromatic carbocycles. The summed E-state index contributed by atoms with van der Waals surface area (Å²) in [5.41, 5.74) is 3.36. The molecule has 0 bridgehead atoms. The van der Waals surface area contributed by atoms with E-state index in [2.05, 4.69) is 41.8 Å². The highest BCUT2D eigenvalue weighted by atomic mass is 16.5. The van der Waals surface area contributed by atoms with Gasteiger partial charge in [0.25, 0.3) is 0 Å². The smallest absolute Gasteiger partial charge is 0.319 e. The van der Waals surface area contributed by atoms with Crippen LogP contribution in [0.3, 0.4) is 0 Å². The number of carbonyl (C=O) groups excluding carboxylic acids is 1. The number of benzene rings is 2. The fourth-order valence-electron chi connectivity index (χ4n) is 2.29. The lowest BCUT2D eigenvalue weighted by molar-refractivity contribution is 0.241. The molecule has 1 atom stereocenters. The molecule has 1 unspecified atom stereocenters. The molecule has 0 fully saturated rings. The van der Waals surface area contributed by atoms with Gasteiger partial charge >= 0.3 is 6.03 Å². The van der Waals surface area contributed by atoms with Gasteiger partial charge in [-0.2, -0.15) is 0 Å². The maximum atomic E-state index is 11.9. The van der Waals surface area contributed by atoms with Gasteiger partial charge < -0.3 is 15.4 Å². The van der Waals surface area contributed by atoms with Gasteiger partial charge in [0.15, 0.2) is 0 Å². The maximum absolute atomic E-state index is 11.9. The van der Waals surface area contributed by atoms with Crippen molar-refractivity contribution < 1.29 is 9.53 Å². The minimum absolute atomic E-state index is 0.0507. The maximum Gasteiger partial charge on any atom is 0.319 e. The third kappa shape index (κ3) is 5.16. The second-order valence-corrected chi connectivity index (χ2v) is 5.54. The molecule has 0 saturated carbocycles. The van der Waals surface area contributed by atoms with Crippen molar-refractivity contribution in [2.45, 2.75) is 26.3 Å². The van der Waals surface area contributed by atoms with Gasteiger partial charge in [0.2, 0.25) is 0 Å². The fourth-order valence-corrected chi connectivity index (χ4v) is 2.29. The van der Waals surface area contributed by atoms with Crippen LogP contribution in [0.15, 0.2) is 54.7 Å². The summed E-state index contributed by atoms with van der Waals surface area (Å²) in [6.45, 7) is 4.09. The molecule has 24 heavy (non-hydrogen) atoms. The van der Waals surface area contributed by atoms with Gasteiger partial charge in [-0.25, -0.2) is 4.79 Å². The lowest BCUT2D eigenvalue weighted by Gasteiger charge is -2.14. The summed E-state index contributed by atoms with van der Waals surface area (Å²) < 4.78 is 5.11. The van der Waals surface area contributed by atoms with E-state index < -0.39 is 0 Å². The summed E-state index contributed by atoms with van der Waals surface area (Å²) in [7, 11) is 1.63. The molecule has 0 aromatic heterocycles. The molecule has 0 radical (unpaired) electrons. The molecule has 126 valence electrons. The van der Waals surface area contributed by atoms with Crippen LogP contribution in [0.5, 0.6) is 5.75 Å². The molecule has 2 N–H and O–H groups in total. The lowest BCUT2D eigenvalue weighted by atomic mass is 10.1. The van der Waals surface area contributed by atoms with Crippen molar-refractivity contribution in [2.24, 2.45) is 0 Å². The molecular weight excluding hydrogens is 300 g/mol. The Hall–Kier alpha value is -2.75. The van der Waals surface area contributed by atoms with Gasteiger partial charge in [-0.05, 0) is 48.2 Å². The molecule has 4 nitrogen and oxygen atoms in total. The van der Waals surface area contributed by atoms with Crippen LogP contribution in [0.2, 0.25) is 0 Å². The first-order chi connectivity index (χ1) is 11.6. The summed E-state index contributed by atoms with van der Waals surface area (Å²) in [5, 5.41) is 5.64. The van der Waals surface area contributed by atoms with Gasteiger partial charge in [0.1, 0.15) is 5.75 Å². The van der Waals surface area contributed by atoms with E-state index in [9.17, 15) is 4.79 Å². The molecule has 2 aromatic rings. The van der Waals surface area contributed by atoms with Crippen LogP contribution in [0, 0.1) is 0 Å². The molecule has 2 amide bonds. The van der Waals surface area contributed by atoms with Crippen LogP contribution in [0.1, 0.15) is 36.6 Å². The summed E-state index contributed by atoms with van der Waals surface area (Å²) >= 11 is 0. The van der Waals surface area contributed by atoms with Crippen molar-refractivity contribution in [3.63, 3.8) is 0 Å². The largest absolute Gasteiger partial charge is 0.497 e. The highest BCUT2D eigenvalue weighted by Gasteiger charge is 2.07. The minimum Gasteiger partial charge on any atom is -0.497 e. The lowest BCUT2D eigenvalue weighted by Crippen LogP contribution is -2.34. The van der Waals surface area contributed by atoms with E-state index in [4.69, 9.17) is 4.74 Å². The third-order valence-corrected chi connectivity index (χ3v) is 3.84. The van der Waals surface area contributed by atoms with E-state index in [0.717, 1.165) is 23.3 Å². The number of urea groups is 1. The second-order valence-electron chi connectivity index (χ2n) is 5.54. The summed E-state index contributed by atoms with van der Waals surface area (Å²) in [6.07, 6.45) is 4.47. The topological polar surface area (TPSA) is 50.4 Å². The zero-order valence-corrected chi connectivity index (χ0v) is 14.4. The Morgan fingerprint density at radius 2 is 1.79 bits per heavy atom. The number of nitrogens with one attached hydrogen (secondary N) is 2. The highest BCUT2D eigenvalue weighted by molar-refractivity contribution is 5.76. The van der Waals surface area contributed by atoms with Crippen LogP contribution < -0.4 is 15.4 Å². The van der Waals surface area contributed by atoms with Crippen LogP contribution in [-0.4, -0.2) is 13.1 Å². The van der Waals surface area contributed by atoms with Crippen molar-refractivity contribution in [3.8, 4) is 5.75 Å². The monoisotopic (exact) mass is 324 g/mol. The molecule has 0 spiro atoms. The normalized spacial score (nSPS) is 12.0. The molecule has 0 aliphatic heterocycles. The number of methoxy groups -OCH3 is 1. The number of rotatable bonds is 6. The van der Waals surface area contributed by atoms with E-state index in [-0.39, 0.29) is 12.1 Å². The van der Waals surface area contributed by atoms with E-state index in [1.165, 1.54) is 5.56 Å². The van der Waals surface area contributed by atoms with Gasteiger partial charge in [0.05, 0.1) is 13.2 Å². The Kier molecular flexibility index (Phi) is 6.43. The van der Waals surface area contributed by atoms with Gasteiger partial charge in [-0.15, -0.1) is 0 Å². The number of aryl methyl sites for hydroxylation is 1. The average Bonchev–Trinajstić information content (AvgIpc) is 2.62. The number of ether oxygens (including phenoxy) is 1. The van der Waals surface area contributed by atoms with Crippen molar-refractivity contribution in [3.05, 3.63) is 71.4 Å². The van der Waals surface area contributed by atoms with E-state index in [0.29, 0.717) is 0 Å². The molecular formula is C20H24N2O2. The van der Waals surface area contributed by atoms with Gasteiger partial charge in [-0.3, -0.25) is 0 Å². The number of amides is 2. The zero-order valence-electron chi connectivity index (χ0n) is 14.4. The summed E-state index contributed by atoms with van der Waals surface area (Å²) in [6, 6.07) is 15.6. The summed E-state index contributed by atoms with van der Waals surface area (Å²) in [4.78, 5) is 11.9. The molecule has 4 heteroatoms. The van der Waals surface area contributed by atoms with E-state index >= 15 is 0 Å². The number of hydrogen-bond acceptors (Lipinski definition) is 2. The fraction of sp³-hybridized carbons (Fsp3) is 0.250. The quantitative estimate of drug-likeness (QED) is 0.833. The molecule has 0 heterocycles. The van der Waals surface area contributed by atoms with Crippen LogP contribution in [0.25, 0.3) is 6.08 Å². The Morgan fingerprint density at radius 1 is 1.12 bits per heavy atom. The predicted molar refractivity (Wildman–Crippen MR) is 97.9 cm³/mol. The Balaban J connectivity index is 1.84. The minimum atomic E-state index is -0.230. The number of carbonyl (C=O) groups is 1. The van der Waals surface area contributed by atoms with Crippen molar-refractivity contribution in [2.75, 3.05) is 7.11 Å².